The zero-order valence-electron chi connectivity index (χ0n) is 16.0. The summed E-state index contributed by atoms with van der Waals surface area (Å²) in [4.78, 5) is 28.0. The summed E-state index contributed by atoms with van der Waals surface area (Å²) in [5.41, 5.74) is 0.242. The summed E-state index contributed by atoms with van der Waals surface area (Å²) in [6.45, 7) is 0.129. The maximum atomic E-state index is 14.8. The van der Waals surface area contributed by atoms with E-state index in [1.807, 2.05) is 17.5 Å². The molecule has 1 aliphatic heterocycles. The minimum absolute atomic E-state index is 0.129. The number of para-hydroxylation sites is 1. The molecule has 1 amide bonds. The molecule has 3 aromatic rings. The Morgan fingerprint density at radius 3 is 2.53 bits per heavy atom. The molecule has 1 aliphatic rings. The number of rotatable bonds is 5. The molecule has 0 bridgehead atoms. The number of aliphatic hydroxyl groups excluding tert-OH is 1. The molecule has 2 heterocycles. The number of likely N-dealkylation sites (tertiary alicyclic amines) is 1. The minimum atomic E-state index is -1.06. The summed E-state index contributed by atoms with van der Waals surface area (Å²) in [7, 11) is 1.44. The van der Waals surface area contributed by atoms with Crippen molar-refractivity contribution in [3.05, 3.63) is 93.4 Å². The van der Waals surface area contributed by atoms with Crippen LogP contribution in [0.4, 0.5) is 4.39 Å². The van der Waals surface area contributed by atoms with E-state index in [0.717, 1.165) is 4.88 Å². The van der Waals surface area contributed by atoms with E-state index in [1.165, 1.54) is 41.5 Å². The van der Waals surface area contributed by atoms with E-state index in [4.69, 9.17) is 4.74 Å². The van der Waals surface area contributed by atoms with Gasteiger partial charge in [0.2, 0.25) is 0 Å². The highest BCUT2D eigenvalue weighted by Crippen LogP contribution is 2.42. The highest BCUT2D eigenvalue weighted by Gasteiger charge is 2.47. The van der Waals surface area contributed by atoms with Crippen molar-refractivity contribution in [3.8, 4) is 5.75 Å². The topological polar surface area (TPSA) is 66.8 Å². The highest BCUT2D eigenvalue weighted by molar-refractivity contribution is 7.09. The zero-order chi connectivity index (χ0) is 21.3. The van der Waals surface area contributed by atoms with Crippen molar-refractivity contribution < 1.29 is 23.8 Å². The lowest BCUT2D eigenvalue weighted by Gasteiger charge is -2.25. The molecule has 0 aliphatic carbocycles. The van der Waals surface area contributed by atoms with Crippen LogP contribution in [0.3, 0.4) is 0 Å². The van der Waals surface area contributed by atoms with E-state index in [9.17, 15) is 19.1 Å². The van der Waals surface area contributed by atoms with Crippen LogP contribution in [0.25, 0.3) is 5.76 Å². The Hall–Kier alpha value is -3.45. The number of Topliss-reactive ketones (excluding diaryl/α,β-unsaturated/α-hetero) is 1. The number of hydrogen-bond donors (Lipinski definition) is 1. The number of methoxy groups -OCH3 is 1. The molecule has 1 unspecified atom stereocenters. The molecule has 1 N–H and O–H groups in total. The first-order valence-corrected chi connectivity index (χ1v) is 10.1. The lowest BCUT2D eigenvalue weighted by atomic mass is 9.94. The smallest absolute Gasteiger partial charge is 0.295 e. The number of ketones is 1. The zero-order valence-corrected chi connectivity index (χ0v) is 16.9. The Labute approximate surface area is 176 Å². The summed E-state index contributed by atoms with van der Waals surface area (Å²) >= 11 is 1.43. The van der Waals surface area contributed by atoms with Gasteiger partial charge in [0.15, 0.2) is 0 Å². The summed E-state index contributed by atoms with van der Waals surface area (Å²) in [6.07, 6.45) is 0. The lowest BCUT2D eigenvalue weighted by Crippen LogP contribution is -2.29. The molecular weight excluding hydrogens is 405 g/mol. The number of carbonyl (C=O) groups is 2. The summed E-state index contributed by atoms with van der Waals surface area (Å²) in [6, 6.07) is 15.2. The Morgan fingerprint density at radius 2 is 1.83 bits per heavy atom. The van der Waals surface area contributed by atoms with Gasteiger partial charge in [0.05, 0.1) is 30.8 Å². The third kappa shape index (κ3) is 3.37. The number of benzene rings is 2. The van der Waals surface area contributed by atoms with Crippen LogP contribution in [0.2, 0.25) is 0 Å². The standard InChI is InChI=1S/C23H18FNO4S/c1-29-18-11-5-3-9-16(18)21(26)19-20(15-8-2-4-10-17(15)24)25(23(28)22(19)27)13-14-7-6-12-30-14/h2-12,20,26H,13H2,1H3/b21-19-. The number of aliphatic hydroxyl groups is 1. The van der Waals surface area contributed by atoms with Crippen LogP contribution < -0.4 is 4.74 Å². The minimum Gasteiger partial charge on any atom is -0.507 e. The summed E-state index contributed by atoms with van der Waals surface area (Å²) in [5.74, 6) is -2.26. The van der Waals surface area contributed by atoms with Crippen molar-refractivity contribution in [1.82, 2.24) is 4.90 Å². The van der Waals surface area contributed by atoms with Gasteiger partial charge in [0.25, 0.3) is 11.7 Å². The van der Waals surface area contributed by atoms with Crippen LogP contribution >= 0.6 is 11.3 Å². The second-order valence-electron chi connectivity index (χ2n) is 6.73. The molecule has 1 atom stereocenters. The fourth-order valence-electron chi connectivity index (χ4n) is 3.62. The van der Waals surface area contributed by atoms with Crippen molar-refractivity contribution in [2.75, 3.05) is 7.11 Å². The van der Waals surface area contributed by atoms with Gasteiger partial charge >= 0.3 is 0 Å². The third-order valence-electron chi connectivity index (χ3n) is 5.01. The molecule has 0 saturated carbocycles. The quantitative estimate of drug-likeness (QED) is 0.372. The Kier molecular flexibility index (Phi) is 5.37. The van der Waals surface area contributed by atoms with Gasteiger partial charge in [-0.3, -0.25) is 9.59 Å². The molecule has 1 fully saturated rings. The normalized spacial score (nSPS) is 18.1. The molecule has 152 valence electrons. The monoisotopic (exact) mass is 423 g/mol. The second-order valence-corrected chi connectivity index (χ2v) is 7.76. The van der Waals surface area contributed by atoms with Gasteiger partial charge in [-0.25, -0.2) is 4.39 Å². The van der Waals surface area contributed by atoms with Gasteiger partial charge < -0.3 is 14.7 Å². The highest BCUT2D eigenvalue weighted by atomic mass is 32.1. The number of ether oxygens (including phenoxy) is 1. The molecule has 1 saturated heterocycles. The van der Waals surface area contributed by atoms with Gasteiger partial charge in [-0.1, -0.05) is 36.4 Å². The van der Waals surface area contributed by atoms with E-state index in [0.29, 0.717) is 5.75 Å². The molecule has 2 aromatic carbocycles. The average molecular weight is 423 g/mol. The number of hydrogen-bond acceptors (Lipinski definition) is 5. The first-order valence-electron chi connectivity index (χ1n) is 9.21. The molecule has 30 heavy (non-hydrogen) atoms. The maximum absolute atomic E-state index is 14.8. The molecular formula is C23H18FNO4S. The van der Waals surface area contributed by atoms with Crippen molar-refractivity contribution >= 4 is 28.8 Å². The maximum Gasteiger partial charge on any atom is 0.295 e. The lowest BCUT2D eigenvalue weighted by molar-refractivity contribution is -0.140. The van der Waals surface area contributed by atoms with Gasteiger partial charge in [-0.2, -0.15) is 0 Å². The molecule has 4 rings (SSSR count). The molecule has 0 spiro atoms. The van der Waals surface area contributed by atoms with Crippen molar-refractivity contribution in [3.63, 3.8) is 0 Å². The number of amides is 1. The van der Waals surface area contributed by atoms with Crippen LogP contribution in [0.15, 0.2) is 71.6 Å². The molecule has 0 radical (unpaired) electrons. The first-order chi connectivity index (χ1) is 14.5. The summed E-state index contributed by atoms with van der Waals surface area (Å²) < 4.78 is 20.0. The van der Waals surface area contributed by atoms with E-state index < -0.39 is 29.3 Å². The first kappa shape index (κ1) is 19.8. The van der Waals surface area contributed by atoms with Crippen molar-refractivity contribution in [2.24, 2.45) is 0 Å². The SMILES string of the molecule is COc1ccccc1/C(O)=C1/C(=O)C(=O)N(Cc2cccs2)C1c1ccccc1F. The fourth-order valence-corrected chi connectivity index (χ4v) is 4.32. The number of carbonyl (C=O) groups excluding carboxylic acids is 2. The van der Waals surface area contributed by atoms with E-state index in [2.05, 4.69) is 0 Å². The second kappa shape index (κ2) is 8.12. The Balaban J connectivity index is 1.92. The molecule has 7 heteroatoms. The van der Waals surface area contributed by atoms with E-state index >= 15 is 0 Å². The third-order valence-corrected chi connectivity index (χ3v) is 5.87. The van der Waals surface area contributed by atoms with Crippen LogP contribution in [-0.4, -0.2) is 28.8 Å². The molecule has 1 aromatic heterocycles. The van der Waals surface area contributed by atoms with E-state index in [1.54, 1.807) is 30.3 Å². The molecule has 5 nitrogen and oxygen atoms in total. The van der Waals surface area contributed by atoms with Gasteiger partial charge in [0, 0.05) is 10.4 Å². The van der Waals surface area contributed by atoms with Crippen molar-refractivity contribution in [1.29, 1.82) is 0 Å². The number of nitrogens with zero attached hydrogens (tertiary/aromatic N) is 1. The predicted octanol–water partition coefficient (Wildman–Crippen LogP) is 4.52. The van der Waals surface area contributed by atoms with Crippen LogP contribution in [0.5, 0.6) is 5.75 Å². The van der Waals surface area contributed by atoms with Gasteiger partial charge in [0.1, 0.15) is 17.3 Å². The Morgan fingerprint density at radius 1 is 1.10 bits per heavy atom. The largest absolute Gasteiger partial charge is 0.507 e. The average Bonchev–Trinajstić information content (AvgIpc) is 3.36. The van der Waals surface area contributed by atoms with Crippen LogP contribution in [0.1, 0.15) is 22.0 Å². The van der Waals surface area contributed by atoms with E-state index in [-0.39, 0.29) is 23.2 Å². The van der Waals surface area contributed by atoms with Crippen molar-refractivity contribution in [2.45, 2.75) is 12.6 Å². The number of thiophene rings is 1. The predicted molar refractivity (Wildman–Crippen MR) is 112 cm³/mol. The number of halogens is 1. The summed E-state index contributed by atoms with van der Waals surface area (Å²) in [5, 5.41) is 12.9. The van der Waals surface area contributed by atoms with Gasteiger partial charge in [-0.15, -0.1) is 11.3 Å². The van der Waals surface area contributed by atoms with Gasteiger partial charge in [-0.05, 0) is 29.6 Å². The fraction of sp³-hybridized carbons (Fsp3) is 0.130. The van der Waals surface area contributed by atoms with Crippen LogP contribution in [-0.2, 0) is 16.1 Å². The van der Waals surface area contributed by atoms with Crippen LogP contribution in [0, 0.1) is 5.82 Å². The Bertz CT molecular complexity index is 1140.